The Morgan fingerprint density at radius 3 is 2.71 bits per heavy atom. The van der Waals surface area contributed by atoms with Crippen molar-refractivity contribution in [2.75, 3.05) is 25.0 Å². The normalized spacial score (nSPS) is 17.8. The lowest BCUT2D eigenvalue weighted by atomic mass is 9.95. The number of aromatic nitrogens is 1. The first-order valence-corrected chi connectivity index (χ1v) is 12.1. The van der Waals surface area contributed by atoms with Gasteiger partial charge in [0.05, 0.1) is 18.4 Å². The molecule has 1 saturated heterocycles. The number of hydrogen-bond acceptors (Lipinski definition) is 5. The molecule has 1 aromatic heterocycles. The Morgan fingerprint density at radius 1 is 1.14 bits per heavy atom. The van der Waals surface area contributed by atoms with E-state index < -0.39 is 12.0 Å². The zero-order chi connectivity index (χ0) is 23.9. The number of carbonyl (C=O) groups excluding carboxylic acids is 2. The molecule has 1 fully saturated rings. The largest absolute Gasteiger partial charge is 0.481 e. The number of pyridine rings is 1. The number of anilines is 1. The van der Waals surface area contributed by atoms with E-state index in [1.807, 2.05) is 36.4 Å². The van der Waals surface area contributed by atoms with Crippen LogP contribution in [-0.2, 0) is 27.2 Å². The fraction of sp³-hybridized carbons (Fsp3) is 0.462. The summed E-state index contributed by atoms with van der Waals surface area (Å²) in [5.74, 6) is -0.560. The van der Waals surface area contributed by atoms with E-state index in [9.17, 15) is 19.5 Å². The van der Waals surface area contributed by atoms with E-state index >= 15 is 0 Å². The highest BCUT2D eigenvalue weighted by molar-refractivity contribution is 5.85. The average Bonchev–Trinajstić information content (AvgIpc) is 2.87. The Morgan fingerprint density at radius 2 is 1.94 bits per heavy atom. The number of fused-ring (bicyclic) bond motifs is 1. The molecule has 2 atom stereocenters. The van der Waals surface area contributed by atoms with Crippen molar-refractivity contribution in [1.29, 1.82) is 0 Å². The van der Waals surface area contributed by atoms with Gasteiger partial charge in [-0.25, -0.2) is 4.98 Å². The first kappa shape index (κ1) is 26.5. The van der Waals surface area contributed by atoms with Gasteiger partial charge in [0, 0.05) is 31.7 Å². The highest BCUT2D eigenvalue weighted by Gasteiger charge is 2.30. The molecule has 0 saturated carbocycles. The Kier molecular flexibility index (Phi) is 9.48. The molecule has 8 nitrogen and oxygen atoms in total. The number of benzene rings is 1. The molecule has 4 rings (SSSR count). The molecular formula is C26H33ClN4O4. The van der Waals surface area contributed by atoms with Gasteiger partial charge < -0.3 is 20.6 Å². The molecule has 0 unspecified atom stereocenters. The Hall–Kier alpha value is -3.13. The number of nitrogens with one attached hydrogen (secondary N) is 2. The molecule has 0 radical (unpaired) electrons. The smallest absolute Gasteiger partial charge is 0.305 e. The molecule has 3 heterocycles. The van der Waals surface area contributed by atoms with Crippen molar-refractivity contribution in [2.24, 2.45) is 5.92 Å². The summed E-state index contributed by atoms with van der Waals surface area (Å²) in [7, 11) is 0. The predicted molar refractivity (Wildman–Crippen MR) is 135 cm³/mol. The van der Waals surface area contributed by atoms with Crippen molar-refractivity contribution in [2.45, 2.75) is 51.0 Å². The van der Waals surface area contributed by atoms with Gasteiger partial charge in [-0.15, -0.1) is 12.4 Å². The van der Waals surface area contributed by atoms with E-state index in [0.717, 1.165) is 42.9 Å². The maximum absolute atomic E-state index is 13.0. The average molecular weight is 501 g/mol. The van der Waals surface area contributed by atoms with Crippen molar-refractivity contribution >= 4 is 36.0 Å². The fourth-order valence-corrected chi connectivity index (χ4v) is 4.72. The van der Waals surface area contributed by atoms with E-state index in [1.54, 1.807) is 4.90 Å². The van der Waals surface area contributed by atoms with Gasteiger partial charge in [0.15, 0.2) is 0 Å². The molecule has 188 valence electrons. The van der Waals surface area contributed by atoms with Crippen LogP contribution in [0.15, 0.2) is 42.5 Å². The molecule has 9 heteroatoms. The van der Waals surface area contributed by atoms with Crippen LogP contribution in [0.1, 0.15) is 55.0 Å². The third-order valence-electron chi connectivity index (χ3n) is 6.59. The van der Waals surface area contributed by atoms with Crippen molar-refractivity contribution in [3.05, 3.63) is 59.3 Å². The molecule has 2 aliphatic rings. The summed E-state index contributed by atoms with van der Waals surface area (Å²) in [5.41, 5.74) is 2.88. The number of aliphatic carboxylic acids is 1. The lowest BCUT2D eigenvalue weighted by Crippen LogP contribution is -2.46. The number of halogens is 1. The lowest BCUT2D eigenvalue weighted by molar-refractivity contribution is -0.138. The van der Waals surface area contributed by atoms with E-state index in [2.05, 4.69) is 21.7 Å². The van der Waals surface area contributed by atoms with E-state index in [1.165, 1.54) is 5.56 Å². The van der Waals surface area contributed by atoms with E-state index in [-0.39, 0.29) is 36.6 Å². The summed E-state index contributed by atoms with van der Waals surface area (Å²) in [6.07, 6.45) is 4.30. The second-order valence-electron chi connectivity index (χ2n) is 9.09. The summed E-state index contributed by atoms with van der Waals surface area (Å²) in [6, 6.07) is 12.6. The predicted octanol–water partition coefficient (Wildman–Crippen LogP) is 3.36. The molecule has 1 aromatic carbocycles. The van der Waals surface area contributed by atoms with Crippen molar-refractivity contribution < 1.29 is 19.5 Å². The van der Waals surface area contributed by atoms with Crippen LogP contribution in [-0.4, -0.2) is 52.4 Å². The van der Waals surface area contributed by atoms with Gasteiger partial charge in [-0.2, -0.15) is 0 Å². The second-order valence-corrected chi connectivity index (χ2v) is 9.09. The number of hydrogen-bond donors (Lipinski definition) is 3. The molecule has 2 aromatic rings. The van der Waals surface area contributed by atoms with Crippen LogP contribution in [0, 0.1) is 5.92 Å². The number of carboxylic acids is 1. The maximum Gasteiger partial charge on any atom is 0.305 e. The molecule has 2 aliphatic heterocycles. The van der Waals surface area contributed by atoms with Gasteiger partial charge in [-0.3, -0.25) is 14.4 Å². The summed E-state index contributed by atoms with van der Waals surface area (Å²) < 4.78 is 0. The zero-order valence-electron chi connectivity index (χ0n) is 19.7. The third-order valence-corrected chi connectivity index (χ3v) is 6.59. The van der Waals surface area contributed by atoms with Crippen LogP contribution in [0.4, 0.5) is 5.82 Å². The lowest BCUT2D eigenvalue weighted by Gasteiger charge is -2.33. The molecule has 3 N–H and O–H groups in total. The van der Waals surface area contributed by atoms with Gasteiger partial charge in [0.25, 0.3) is 0 Å². The molecular weight excluding hydrogens is 468 g/mol. The molecule has 0 spiro atoms. The fourth-order valence-electron chi connectivity index (χ4n) is 4.72. The molecule has 0 bridgehead atoms. The van der Waals surface area contributed by atoms with Gasteiger partial charge in [0.1, 0.15) is 5.82 Å². The summed E-state index contributed by atoms with van der Waals surface area (Å²) >= 11 is 0. The minimum Gasteiger partial charge on any atom is -0.481 e. The quantitative estimate of drug-likeness (QED) is 0.512. The molecule has 0 aliphatic carbocycles. The first-order chi connectivity index (χ1) is 16.5. The van der Waals surface area contributed by atoms with Crippen LogP contribution >= 0.6 is 12.4 Å². The number of piperidine rings is 1. The SMILES string of the molecule is Cl.O=C(O)C[C@H](NC(=O)[C@H]1CCCN(C(=O)CCc2ccc3c(n2)NCCC3)C1)c1ccccc1. The zero-order valence-corrected chi connectivity index (χ0v) is 20.6. The van der Waals surface area contributed by atoms with Gasteiger partial charge in [-0.05, 0) is 49.3 Å². The first-order valence-electron chi connectivity index (χ1n) is 12.1. The standard InChI is InChI=1S/C26H32N4O4.ClH/c31-23(13-12-21-11-10-19-8-4-14-27-25(19)28-21)30-15-5-9-20(17-30)26(34)29-22(16-24(32)33)18-6-2-1-3-7-18;/h1-3,6-7,10-11,20,22H,4-5,8-9,12-17H2,(H,27,28)(H,29,34)(H,32,33);1H/t20-,22-;/m0./s1. The van der Waals surface area contributed by atoms with Crippen LogP contribution in [0.5, 0.6) is 0 Å². The highest BCUT2D eigenvalue weighted by atomic mass is 35.5. The number of carbonyl (C=O) groups is 3. The van der Waals surface area contributed by atoms with Gasteiger partial charge in [0.2, 0.25) is 11.8 Å². The summed E-state index contributed by atoms with van der Waals surface area (Å²) in [6.45, 7) is 1.93. The Bertz CT molecular complexity index is 1030. The third kappa shape index (κ3) is 7.18. The minimum atomic E-state index is -0.972. The second kappa shape index (κ2) is 12.5. The van der Waals surface area contributed by atoms with Crippen molar-refractivity contribution in [3.8, 4) is 0 Å². The molecule has 2 amide bonds. The number of carboxylic acid groups (broad SMARTS) is 1. The number of rotatable bonds is 8. The monoisotopic (exact) mass is 500 g/mol. The van der Waals surface area contributed by atoms with Crippen LogP contribution < -0.4 is 10.6 Å². The van der Waals surface area contributed by atoms with Crippen molar-refractivity contribution in [1.82, 2.24) is 15.2 Å². The van der Waals surface area contributed by atoms with Crippen molar-refractivity contribution in [3.63, 3.8) is 0 Å². The number of amides is 2. The van der Waals surface area contributed by atoms with E-state index in [4.69, 9.17) is 0 Å². The number of likely N-dealkylation sites (tertiary alicyclic amines) is 1. The maximum atomic E-state index is 13.0. The van der Waals surface area contributed by atoms with Crippen LogP contribution in [0.2, 0.25) is 0 Å². The van der Waals surface area contributed by atoms with Crippen LogP contribution in [0.25, 0.3) is 0 Å². The summed E-state index contributed by atoms with van der Waals surface area (Å²) in [4.78, 5) is 43.6. The van der Waals surface area contributed by atoms with Gasteiger partial charge in [-0.1, -0.05) is 36.4 Å². The number of nitrogens with zero attached hydrogens (tertiary/aromatic N) is 2. The van der Waals surface area contributed by atoms with Crippen LogP contribution in [0.3, 0.4) is 0 Å². The highest BCUT2D eigenvalue weighted by Crippen LogP contribution is 2.23. The van der Waals surface area contributed by atoms with E-state index in [0.29, 0.717) is 32.4 Å². The molecule has 35 heavy (non-hydrogen) atoms. The Balaban J connectivity index is 0.00000342. The summed E-state index contributed by atoms with van der Waals surface area (Å²) in [5, 5.41) is 15.5. The van der Waals surface area contributed by atoms with Gasteiger partial charge >= 0.3 is 5.97 Å². The minimum absolute atomic E-state index is 0. The Labute approximate surface area is 211 Å². The number of aryl methyl sites for hydroxylation is 2. The topological polar surface area (TPSA) is 112 Å².